The topological polar surface area (TPSA) is 90.1 Å². The molecular weight excluding hydrogens is 272 g/mol. The van der Waals surface area contributed by atoms with E-state index in [2.05, 4.69) is 10.4 Å². The van der Waals surface area contributed by atoms with Crippen molar-refractivity contribution in [3.8, 4) is 0 Å². The van der Waals surface area contributed by atoms with Crippen molar-refractivity contribution in [2.75, 3.05) is 0 Å². The molecule has 21 heavy (non-hydrogen) atoms. The van der Waals surface area contributed by atoms with E-state index in [0.29, 0.717) is 17.7 Å². The SMILES string of the molecule is CCn1cc(CNC(=O)c2ccc([N+](=O)[O-])c(C)c2)cn1. The van der Waals surface area contributed by atoms with Crippen LogP contribution in [-0.4, -0.2) is 20.6 Å². The number of hydrogen-bond acceptors (Lipinski definition) is 4. The third-order valence-electron chi connectivity index (χ3n) is 3.12. The highest BCUT2D eigenvalue weighted by atomic mass is 16.6. The molecule has 0 aliphatic heterocycles. The minimum atomic E-state index is -0.462. The fourth-order valence-corrected chi connectivity index (χ4v) is 1.96. The minimum absolute atomic E-state index is 0.00997. The lowest BCUT2D eigenvalue weighted by Gasteiger charge is -2.05. The zero-order chi connectivity index (χ0) is 15.4. The first kappa shape index (κ1) is 14.7. The Hall–Kier alpha value is -2.70. The number of amides is 1. The Kier molecular flexibility index (Phi) is 4.32. The first-order valence-corrected chi connectivity index (χ1v) is 6.56. The first-order chi connectivity index (χ1) is 10.0. The zero-order valence-corrected chi connectivity index (χ0v) is 11.9. The van der Waals surface area contributed by atoms with Crippen LogP contribution in [0.4, 0.5) is 5.69 Å². The van der Waals surface area contributed by atoms with Gasteiger partial charge in [-0.15, -0.1) is 0 Å². The van der Waals surface area contributed by atoms with E-state index in [4.69, 9.17) is 0 Å². The molecule has 7 heteroatoms. The summed E-state index contributed by atoms with van der Waals surface area (Å²) in [5, 5.41) is 17.6. The van der Waals surface area contributed by atoms with Gasteiger partial charge < -0.3 is 5.32 Å². The number of nitrogens with zero attached hydrogens (tertiary/aromatic N) is 3. The van der Waals surface area contributed by atoms with Crippen LogP contribution in [0.3, 0.4) is 0 Å². The van der Waals surface area contributed by atoms with Crippen LogP contribution in [0.2, 0.25) is 0 Å². The molecule has 0 saturated carbocycles. The number of nitro benzene ring substituents is 1. The Labute approximate surface area is 121 Å². The van der Waals surface area contributed by atoms with Gasteiger partial charge in [0.05, 0.1) is 11.1 Å². The van der Waals surface area contributed by atoms with Crippen molar-refractivity contribution in [2.45, 2.75) is 26.9 Å². The van der Waals surface area contributed by atoms with Gasteiger partial charge >= 0.3 is 0 Å². The summed E-state index contributed by atoms with van der Waals surface area (Å²) in [6, 6.07) is 4.32. The maximum absolute atomic E-state index is 12.0. The predicted molar refractivity (Wildman–Crippen MR) is 76.9 cm³/mol. The molecule has 0 atom stereocenters. The van der Waals surface area contributed by atoms with Crippen LogP contribution in [0.1, 0.15) is 28.4 Å². The number of nitrogens with one attached hydrogen (secondary N) is 1. The highest BCUT2D eigenvalue weighted by molar-refractivity contribution is 5.94. The van der Waals surface area contributed by atoms with E-state index < -0.39 is 4.92 Å². The highest BCUT2D eigenvalue weighted by Gasteiger charge is 2.13. The van der Waals surface area contributed by atoms with Crippen molar-refractivity contribution in [1.29, 1.82) is 0 Å². The molecular formula is C14H16N4O3. The zero-order valence-electron chi connectivity index (χ0n) is 11.9. The largest absolute Gasteiger partial charge is 0.348 e. The van der Waals surface area contributed by atoms with Crippen molar-refractivity contribution >= 4 is 11.6 Å². The Bertz CT molecular complexity index is 679. The van der Waals surface area contributed by atoms with Gasteiger partial charge in [0, 0.05) is 42.0 Å². The number of nitro groups is 1. The average molecular weight is 288 g/mol. The van der Waals surface area contributed by atoms with E-state index in [1.165, 1.54) is 18.2 Å². The minimum Gasteiger partial charge on any atom is -0.348 e. The molecule has 1 amide bonds. The fraction of sp³-hybridized carbons (Fsp3) is 0.286. The smallest absolute Gasteiger partial charge is 0.272 e. The van der Waals surface area contributed by atoms with Gasteiger partial charge in [-0.1, -0.05) is 0 Å². The highest BCUT2D eigenvalue weighted by Crippen LogP contribution is 2.18. The summed E-state index contributed by atoms with van der Waals surface area (Å²) in [7, 11) is 0. The number of hydrogen-bond donors (Lipinski definition) is 1. The average Bonchev–Trinajstić information content (AvgIpc) is 2.92. The van der Waals surface area contributed by atoms with Gasteiger partial charge in [-0.3, -0.25) is 19.6 Å². The number of carbonyl (C=O) groups excluding carboxylic acids is 1. The van der Waals surface area contributed by atoms with Gasteiger partial charge in [0.1, 0.15) is 0 Å². The van der Waals surface area contributed by atoms with Crippen molar-refractivity contribution in [3.05, 3.63) is 57.4 Å². The van der Waals surface area contributed by atoms with Crippen LogP contribution in [0.5, 0.6) is 0 Å². The lowest BCUT2D eigenvalue weighted by molar-refractivity contribution is -0.385. The summed E-state index contributed by atoms with van der Waals surface area (Å²) >= 11 is 0. The Morgan fingerprint density at radius 1 is 1.48 bits per heavy atom. The molecule has 0 unspecified atom stereocenters. The Morgan fingerprint density at radius 3 is 2.81 bits per heavy atom. The fourth-order valence-electron chi connectivity index (χ4n) is 1.96. The normalized spacial score (nSPS) is 10.4. The molecule has 7 nitrogen and oxygen atoms in total. The monoisotopic (exact) mass is 288 g/mol. The summed E-state index contributed by atoms with van der Waals surface area (Å²) in [6.45, 7) is 4.74. The van der Waals surface area contributed by atoms with Crippen LogP contribution in [-0.2, 0) is 13.1 Å². The Balaban J connectivity index is 2.03. The second-order valence-corrected chi connectivity index (χ2v) is 4.65. The predicted octanol–water partition coefficient (Wildman–Crippen LogP) is 2.05. The molecule has 2 rings (SSSR count). The van der Waals surface area contributed by atoms with E-state index >= 15 is 0 Å². The lowest BCUT2D eigenvalue weighted by atomic mass is 10.1. The van der Waals surface area contributed by atoms with E-state index in [-0.39, 0.29) is 11.6 Å². The Morgan fingerprint density at radius 2 is 2.24 bits per heavy atom. The molecule has 2 aromatic rings. The van der Waals surface area contributed by atoms with Crippen LogP contribution in [0, 0.1) is 17.0 Å². The van der Waals surface area contributed by atoms with Gasteiger partial charge in [-0.2, -0.15) is 5.10 Å². The van der Waals surface area contributed by atoms with E-state index in [9.17, 15) is 14.9 Å². The molecule has 1 heterocycles. The van der Waals surface area contributed by atoms with Crippen LogP contribution in [0.15, 0.2) is 30.6 Å². The van der Waals surface area contributed by atoms with Gasteiger partial charge in [0.2, 0.25) is 0 Å². The summed E-state index contributed by atoms with van der Waals surface area (Å²) in [4.78, 5) is 22.3. The molecule has 1 aromatic heterocycles. The number of carbonyl (C=O) groups is 1. The summed E-state index contributed by atoms with van der Waals surface area (Å²) < 4.78 is 1.78. The van der Waals surface area contributed by atoms with Gasteiger partial charge in [0.15, 0.2) is 0 Å². The standard InChI is InChI=1S/C14H16N4O3/c1-3-17-9-11(8-16-17)7-15-14(19)12-4-5-13(18(20)21)10(2)6-12/h4-6,8-9H,3,7H2,1-2H3,(H,15,19). The van der Waals surface area contributed by atoms with Crippen molar-refractivity contribution in [1.82, 2.24) is 15.1 Å². The van der Waals surface area contributed by atoms with E-state index in [1.54, 1.807) is 17.8 Å². The third kappa shape index (κ3) is 3.44. The molecule has 0 aliphatic carbocycles. The first-order valence-electron chi connectivity index (χ1n) is 6.56. The quantitative estimate of drug-likeness (QED) is 0.673. The molecule has 0 saturated heterocycles. The number of aryl methyl sites for hydroxylation is 2. The summed E-state index contributed by atoms with van der Waals surface area (Å²) in [5.41, 5.74) is 1.78. The molecule has 0 spiro atoms. The van der Waals surface area contributed by atoms with Crippen LogP contribution in [0.25, 0.3) is 0 Å². The maximum atomic E-state index is 12.0. The maximum Gasteiger partial charge on any atom is 0.272 e. The molecule has 0 bridgehead atoms. The molecule has 110 valence electrons. The van der Waals surface area contributed by atoms with Gasteiger partial charge in [-0.05, 0) is 26.0 Å². The molecule has 0 fully saturated rings. The van der Waals surface area contributed by atoms with E-state index in [0.717, 1.165) is 12.1 Å². The molecule has 1 aromatic carbocycles. The van der Waals surface area contributed by atoms with Crippen molar-refractivity contribution in [2.24, 2.45) is 0 Å². The third-order valence-corrected chi connectivity index (χ3v) is 3.12. The summed E-state index contributed by atoms with van der Waals surface area (Å²) in [5.74, 6) is -0.266. The molecule has 0 aliphatic rings. The number of rotatable bonds is 5. The van der Waals surface area contributed by atoms with Gasteiger partial charge in [0.25, 0.3) is 11.6 Å². The van der Waals surface area contributed by atoms with Crippen molar-refractivity contribution in [3.63, 3.8) is 0 Å². The summed E-state index contributed by atoms with van der Waals surface area (Å²) in [6.07, 6.45) is 3.56. The molecule has 1 N–H and O–H groups in total. The van der Waals surface area contributed by atoms with Crippen LogP contribution < -0.4 is 5.32 Å². The molecule has 0 radical (unpaired) electrons. The number of aromatic nitrogens is 2. The second-order valence-electron chi connectivity index (χ2n) is 4.65. The van der Waals surface area contributed by atoms with E-state index in [1.807, 2.05) is 13.1 Å². The lowest BCUT2D eigenvalue weighted by Crippen LogP contribution is -2.22. The van der Waals surface area contributed by atoms with Crippen molar-refractivity contribution < 1.29 is 9.72 Å². The second kappa shape index (κ2) is 6.17. The van der Waals surface area contributed by atoms with Crippen LogP contribution >= 0.6 is 0 Å². The van der Waals surface area contributed by atoms with Gasteiger partial charge in [-0.25, -0.2) is 0 Å². The number of benzene rings is 1.